The highest BCUT2D eigenvalue weighted by molar-refractivity contribution is 7.89. The third-order valence-corrected chi connectivity index (χ3v) is 5.35. The Bertz CT molecular complexity index is 647. The summed E-state index contributed by atoms with van der Waals surface area (Å²) in [4.78, 5) is 4.01. The molecule has 0 amide bonds. The molecule has 0 radical (unpaired) electrons. The lowest BCUT2D eigenvalue weighted by molar-refractivity contribution is 0.521. The normalized spacial score (nSPS) is 14.2. The minimum absolute atomic E-state index is 0.0837. The molecule has 0 aliphatic heterocycles. The van der Waals surface area contributed by atoms with Gasteiger partial charge in [-0.3, -0.25) is 4.99 Å². The summed E-state index contributed by atoms with van der Waals surface area (Å²) < 4.78 is 24.4. The van der Waals surface area contributed by atoms with Gasteiger partial charge in [-0.15, -0.1) is 0 Å². The summed E-state index contributed by atoms with van der Waals surface area (Å²) >= 11 is 12.0. The number of hydrogen-bond acceptors (Lipinski definition) is 3. The van der Waals surface area contributed by atoms with Gasteiger partial charge in [-0.25, -0.2) is 12.7 Å². The number of halogens is 2. The Hall–Kier alpha value is -1.02. The number of aliphatic imine (C=N–C) groups is 1. The highest BCUT2D eigenvalue weighted by Gasteiger charge is 2.13. The number of nitrogens with zero attached hydrogens (tertiary/aromatic N) is 2. The van der Waals surface area contributed by atoms with Crippen LogP contribution < -0.4 is 11.1 Å². The molecule has 0 aliphatic carbocycles. The molecule has 0 aliphatic rings. The van der Waals surface area contributed by atoms with Gasteiger partial charge in [0.1, 0.15) is 0 Å². The van der Waals surface area contributed by atoms with Crippen LogP contribution in [-0.2, 0) is 10.0 Å². The zero-order chi connectivity index (χ0) is 16.9. The highest BCUT2D eigenvalue weighted by atomic mass is 35.5. The highest BCUT2D eigenvalue weighted by Crippen LogP contribution is 2.25. The van der Waals surface area contributed by atoms with E-state index in [1.807, 2.05) is 6.92 Å². The molecule has 0 spiro atoms. The molecular weight excluding hydrogens is 347 g/mol. The molecule has 6 nitrogen and oxygen atoms in total. The second-order valence-electron chi connectivity index (χ2n) is 4.90. The monoisotopic (exact) mass is 366 g/mol. The Kier molecular flexibility index (Phi) is 6.93. The molecule has 0 bridgehead atoms. The van der Waals surface area contributed by atoms with Gasteiger partial charge in [-0.2, -0.15) is 0 Å². The van der Waals surface area contributed by atoms with Gasteiger partial charge in [-0.05, 0) is 24.6 Å². The lowest BCUT2D eigenvalue weighted by Crippen LogP contribution is -2.35. The quantitative estimate of drug-likeness (QED) is 0.593. The molecular formula is C13H20Cl2N4O2S. The van der Waals surface area contributed by atoms with Crippen LogP contribution in [0.2, 0.25) is 10.0 Å². The van der Waals surface area contributed by atoms with Crippen molar-refractivity contribution < 1.29 is 8.42 Å². The Morgan fingerprint density at radius 2 is 2.05 bits per heavy atom. The smallest absolute Gasteiger partial charge is 0.215 e. The zero-order valence-corrected chi connectivity index (χ0v) is 15.0. The van der Waals surface area contributed by atoms with Crippen LogP contribution in [0.1, 0.15) is 18.5 Å². The molecule has 9 heteroatoms. The third kappa shape index (κ3) is 5.64. The first-order valence-corrected chi connectivity index (χ1v) is 8.91. The van der Waals surface area contributed by atoms with Crippen molar-refractivity contribution in [2.75, 3.05) is 26.4 Å². The van der Waals surface area contributed by atoms with Crippen LogP contribution in [0.5, 0.6) is 0 Å². The van der Waals surface area contributed by atoms with Crippen LogP contribution in [-0.4, -0.2) is 45.1 Å². The number of nitrogens with one attached hydrogen (secondary N) is 1. The fourth-order valence-electron chi connectivity index (χ4n) is 1.66. The van der Waals surface area contributed by atoms with Crippen LogP contribution in [0, 0.1) is 0 Å². The van der Waals surface area contributed by atoms with Crippen molar-refractivity contribution in [1.82, 2.24) is 9.62 Å². The number of rotatable bonds is 6. The Labute approximate surface area is 141 Å². The third-order valence-electron chi connectivity index (χ3n) is 2.98. The fourth-order valence-corrected chi connectivity index (χ4v) is 2.92. The van der Waals surface area contributed by atoms with E-state index >= 15 is 0 Å². The standard InChI is InChI=1S/C13H20Cl2N4O2S/c1-9(11-5-4-10(14)8-12(11)15)18-13(16)17-6-7-22(20,21)19(2)3/h4-5,8-9H,6-7H2,1-3H3,(H3,16,17,18). The number of nitrogens with two attached hydrogens (primary N) is 1. The van der Waals surface area contributed by atoms with E-state index in [0.29, 0.717) is 10.0 Å². The van der Waals surface area contributed by atoms with E-state index in [9.17, 15) is 8.42 Å². The van der Waals surface area contributed by atoms with Gasteiger partial charge in [0.15, 0.2) is 5.96 Å². The van der Waals surface area contributed by atoms with E-state index in [1.54, 1.807) is 18.2 Å². The minimum Gasteiger partial charge on any atom is -0.370 e. The van der Waals surface area contributed by atoms with Gasteiger partial charge >= 0.3 is 0 Å². The summed E-state index contributed by atoms with van der Waals surface area (Å²) in [5.74, 6) is 0.0609. The van der Waals surface area contributed by atoms with Crippen molar-refractivity contribution in [3.8, 4) is 0 Å². The van der Waals surface area contributed by atoms with Crippen molar-refractivity contribution >= 4 is 39.2 Å². The SMILES string of the molecule is CC(NC(N)=NCCS(=O)(=O)N(C)C)c1ccc(Cl)cc1Cl. The van der Waals surface area contributed by atoms with Crippen molar-refractivity contribution in [1.29, 1.82) is 0 Å². The summed E-state index contributed by atoms with van der Waals surface area (Å²) in [7, 11) is -0.324. The molecule has 0 aromatic heterocycles. The zero-order valence-electron chi connectivity index (χ0n) is 12.7. The van der Waals surface area contributed by atoms with Gasteiger partial charge in [0.2, 0.25) is 10.0 Å². The van der Waals surface area contributed by atoms with Crippen molar-refractivity contribution in [3.05, 3.63) is 33.8 Å². The van der Waals surface area contributed by atoms with Crippen LogP contribution in [0.4, 0.5) is 0 Å². The first-order chi connectivity index (χ1) is 10.1. The molecule has 1 atom stereocenters. The Morgan fingerprint density at radius 1 is 1.41 bits per heavy atom. The molecule has 1 aromatic carbocycles. The Morgan fingerprint density at radius 3 is 2.59 bits per heavy atom. The number of sulfonamides is 1. The predicted octanol–water partition coefficient (Wildman–Crippen LogP) is 1.85. The summed E-state index contributed by atoms with van der Waals surface area (Å²) in [5.41, 5.74) is 6.58. The maximum absolute atomic E-state index is 11.6. The van der Waals surface area contributed by atoms with Crippen molar-refractivity contribution in [3.63, 3.8) is 0 Å². The minimum atomic E-state index is -3.28. The molecule has 0 saturated heterocycles. The summed E-state index contributed by atoms with van der Waals surface area (Å²) in [5, 5.41) is 4.04. The van der Waals surface area contributed by atoms with Gasteiger partial charge in [0, 0.05) is 24.1 Å². The molecule has 3 N–H and O–H groups in total. The molecule has 1 rings (SSSR count). The topological polar surface area (TPSA) is 87.8 Å². The van der Waals surface area contributed by atoms with E-state index in [4.69, 9.17) is 28.9 Å². The summed E-state index contributed by atoms with van der Waals surface area (Å²) in [6, 6.07) is 5.00. The van der Waals surface area contributed by atoms with E-state index in [-0.39, 0.29) is 24.3 Å². The molecule has 0 heterocycles. The molecule has 0 saturated carbocycles. The Balaban J connectivity index is 2.64. The van der Waals surface area contributed by atoms with Crippen molar-refractivity contribution in [2.45, 2.75) is 13.0 Å². The lowest BCUT2D eigenvalue weighted by atomic mass is 10.1. The average Bonchev–Trinajstić information content (AvgIpc) is 2.37. The maximum Gasteiger partial charge on any atom is 0.215 e. The van der Waals surface area contributed by atoms with Crippen LogP contribution in [0.3, 0.4) is 0 Å². The molecule has 0 fully saturated rings. The molecule has 1 unspecified atom stereocenters. The second-order valence-corrected chi connectivity index (χ2v) is 8.04. The first kappa shape index (κ1) is 19.0. The van der Waals surface area contributed by atoms with Gasteiger partial charge in [-0.1, -0.05) is 29.3 Å². The van der Waals surface area contributed by atoms with Crippen LogP contribution in [0.15, 0.2) is 23.2 Å². The fraction of sp³-hybridized carbons (Fsp3) is 0.462. The summed E-state index contributed by atoms with van der Waals surface area (Å²) in [6.45, 7) is 1.95. The number of hydrogen-bond donors (Lipinski definition) is 2. The van der Waals surface area contributed by atoms with Crippen molar-refractivity contribution in [2.24, 2.45) is 10.7 Å². The second kappa shape index (κ2) is 8.01. The predicted molar refractivity (Wildman–Crippen MR) is 92.0 cm³/mol. The van der Waals surface area contributed by atoms with Crippen LogP contribution in [0.25, 0.3) is 0 Å². The average molecular weight is 367 g/mol. The molecule has 124 valence electrons. The summed E-state index contributed by atoms with van der Waals surface area (Å²) in [6.07, 6.45) is 0. The number of benzene rings is 1. The maximum atomic E-state index is 11.6. The van der Waals surface area contributed by atoms with E-state index < -0.39 is 10.0 Å². The van der Waals surface area contributed by atoms with Gasteiger partial charge < -0.3 is 11.1 Å². The molecule has 1 aromatic rings. The molecule has 22 heavy (non-hydrogen) atoms. The van der Waals surface area contributed by atoms with Gasteiger partial charge in [0.05, 0.1) is 18.3 Å². The van der Waals surface area contributed by atoms with E-state index in [0.717, 1.165) is 9.87 Å². The van der Waals surface area contributed by atoms with E-state index in [1.165, 1.54) is 14.1 Å². The largest absolute Gasteiger partial charge is 0.370 e. The number of guanidine groups is 1. The van der Waals surface area contributed by atoms with E-state index in [2.05, 4.69) is 10.3 Å². The first-order valence-electron chi connectivity index (χ1n) is 6.55. The van der Waals surface area contributed by atoms with Gasteiger partial charge in [0.25, 0.3) is 0 Å². The lowest BCUT2D eigenvalue weighted by Gasteiger charge is -2.16. The van der Waals surface area contributed by atoms with Crippen LogP contribution >= 0.6 is 23.2 Å².